The second-order valence-electron chi connectivity index (χ2n) is 16.5. The highest BCUT2D eigenvalue weighted by Crippen LogP contribution is 2.43. The van der Waals surface area contributed by atoms with Crippen LogP contribution >= 0.6 is 0 Å². The van der Waals surface area contributed by atoms with Gasteiger partial charge in [-0.25, -0.2) is 0 Å². The number of alkyl halides is 6. The number of hydrogen-bond acceptors (Lipinski definition) is 2. The highest BCUT2D eigenvalue weighted by Gasteiger charge is 2.32. The van der Waals surface area contributed by atoms with Crippen LogP contribution in [0.1, 0.15) is 38.9 Å². The largest absolute Gasteiger partial charge is 0.416 e. The summed E-state index contributed by atoms with van der Waals surface area (Å²) in [6, 6.07) is 48.5. The summed E-state index contributed by atoms with van der Waals surface area (Å²) in [6.45, 7) is 5.15. The Bertz CT molecular complexity index is 3500. The fourth-order valence-electron chi connectivity index (χ4n) is 9.31. The minimum Gasteiger partial charge on any atom is -0.308 e. The van der Waals surface area contributed by atoms with Crippen LogP contribution in [0.25, 0.3) is 88.4 Å². The van der Waals surface area contributed by atoms with E-state index < -0.39 is 23.5 Å². The summed E-state index contributed by atoms with van der Waals surface area (Å²) >= 11 is 0. The Morgan fingerprint density at radius 1 is 0.385 bits per heavy atom. The number of aryl methyl sites for hydroxylation is 3. The molecule has 2 aromatic heterocycles. The molecular formula is C55H34F6N4. The number of benzene rings is 8. The first kappa shape index (κ1) is 41.0. The lowest BCUT2D eigenvalue weighted by molar-refractivity contribution is -0.138. The number of halogens is 6. The second-order valence-corrected chi connectivity index (χ2v) is 16.5. The van der Waals surface area contributed by atoms with Gasteiger partial charge in [-0.15, -0.1) is 0 Å². The first-order valence-corrected chi connectivity index (χ1v) is 20.7. The minimum absolute atomic E-state index is 0.257. The molecule has 0 atom stereocenters. The molecular weight excluding hydrogens is 831 g/mol. The summed E-state index contributed by atoms with van der Waals surface area (Å²) in [5.41, 5.74) is 7.84. The molecule has 2 heterocycles. The molecule has 0 bridgehead atoms. The summed E-state index contributed by atoms with van der Waals surface area (Å²) in [6.07, 6.45) is -9.11. The maximum atomic E-state index is 14.1. The number of hydrogen-bond donors (Lipinski definition) is 0. The zero-order chi connectivity index (χ0) is 45.5. The molecule has 10 heteroatoms. The van der Waals surface area contributed by atoms with Gasteiger partial charge in [0.25, 0.3) is 0 Å². The zero-order valence-electron chi connectivity index (χ0n) is 35.0. The average Bonchev–Trinajstić information content (AvgIpc) is 3.79. The van der Waals surface area contributed by atoms with Crippen LogP contribution in [0, 0.1) is 43.4 Å². The molecule has 0 amide bonds. The quantitative estimate of drug-likeness (QED) is 0.162. The van der Waals surface area contributed by atoms with Crippen LogP contribution in [0.4, 0.5) is 26.3 Å². The molecule has 8 aromatic carbocycles. The lowest BCUT2D eigenvalue weighted by Gasteiger charge is -2.19. The molecule has 316 valence electrons. The van der Waals surface area contributed by atoms with Crippen molar-refractivity contribution in [1.29, 1.82) is 10.5 Å². The molecule has 65 heavy (non-hydrogen) atoms. The Hall–Kier alpha value is -8.08. The molecule has 0 unspecified atom stereocenters. The maximum absolute atomic E-state index is 14.1. The standard InChI is InChI=1S/C55H34F6N4/c1-31-16-34(29-62)22-37(17-31)40-27-52(64-48-10-6-4-8-43(48)45-14-12-35(25-50(45)64)38-18-32(2)20-41(23-38)54(56,57)58)47(30-63)53(28-40)65-49-11-7-5-9-44(49)46-15-13-36(26-51(46)65)39-19-33(3)21-42(24-39)55(59,60)61/h4-28H,1-3H3. The van der Waals surface area contributed by atoms with Crippen molar-refractivity contribution < 1.29 is 26.3 Å². The highest BCUT2D eigenvalue weighted by atomic mass is 19.4. The van der Waals surface area contributed by atoms with Crippen LogP contribution < -0.4 is 0 Å². The van der Waals surface area contributed by atoms with Gasteiger partial charge in [-0.2, -0.15) is 36.9 Å². The third-order valence-electron chi connectivity index (χ3n) is 12.1. The number of fused-ring (bicyclic) bond motifs is 6. The van der Waals surface area contributed by atoms with Gasteiger partial charge in [0.15, 0.2) is 0 Å². The van der Waals surface area contributed by atoms with Crippen molar-refractivity contribution in [3.05, 3.63) is 191 Å². The fraction of sp³-hybridized carbons (Fsp3) is 0.0909. The normalized spacial score (nSPS) is 12.0. The predicted molar refractivity (Wildman–Crippen MR) is 245 cm³/mol. The molecule has 0 aliphatic rings. The van der Waals surface area contributed by atoms with Crippen LogP contribution in [-0.2, 0) is 12.4 Å². The van der Waals surface area contributed by atoms with E-state index in [0.717, 1.165) is 62.4 Å². The van der Waals surface area contributed by atoms with Gasteiger partial charge in [0.1, 0.15) is 11.6 Å². The molecule has 0 fully saturated rings. The lowest BCUT2D eigenvalue weighted by Crippen LogP contribution is -2.06. The highest BCUT2D eigenvalue weighted by molar-refractivity contribution is 6.12. The van der Waals surface area contributed by atoms with Crippen molar-refractivity contribution in [2.24, 2.45) is 0 Å². The Kier molecular flexibility index (Phi) is 9.47. The number of aromatic nitrogens is 2. The van der Waals surface area contributed by atoms with Gasteiger partial charge in [-0.3, -0.25) is 0 Å². The Balaban J connectivity index is 1.32. The third kappa shape index (κ3) is 7.04. The van der Waals surface area contributed by atoms with E-state index in [9.17, 15) is 36.9 Å². The first-order valence-electron chi connectivity index (χ1n) is 20.7. The second kappa shape index (κ2) is 15.0. The molecule has 0 N–H and O–H groups in total. The smallest absolute Gasteiger partial charge is 0.308 e. The number of rotatable bonds is 5. The molecule has 0 saturated carbocycles. The summed E-state index contributed by atoms with van der Waals surface area (Å²) in [5.74, 6) is 0. The van der Waals surface area contributed by atoms with Crippen molar-refractivity contribution in [2.45, 2.75) is 33.1 Å². The van der Waals surface area contributed by atoms with E-state index in [1.54, 1.807) is 50.2 Å². The number of para-hydroxylation sites is 2. The van der Waals surface area contributed by atoms with Gasteiger partial charge in [-0.1, -0.05) is 78.9 Å². The van der Waals surface area contributed by atoms with Crippen LogP contribution in [0.15, 0.2) is 152 Å². The first-order chi connectivity index (χ1) is 31.1. The van der Waals surface area contributed by atoms with Gasteiger partial charge in [-0.05, 0) is 144 Å². The van der Waals surface area contributed by atoms with Crippen LogP contribution in [-0.4, -0.2) is 9.13 Å². The molecule has 0 saturated heterocycles. The van der Waals surface area contributed by atoms with Crippen LogP contribution in [0.5, 0.6) is 0 Å². The molecule has 4 nitrogen and oxygen atoms in total. The predicted octanol–water partition coefficient (Wildman–Crippen LogP) is 15.6. The summed E-state index contributed by atoms with van der Waals surface area (Å²) in [5, 5.41) is 24.9. The Morgan fingerprint density at radius 3 is 1.22 bits per heavy atom. The van der Waals surface area contributed by atoms with Crippen molar-refractivity contribution in [2.75, 3.05) is 0 Å². The van der Waals surface area contributed by atoms with E-state index in [1.807, 2.05) is 107 Å². The van der Waals surface area contributed by atoms with Gasteiger partial charge in [0, 0.05) is 21.5 Å². The zero-order valence-corrected chi connectivity index (χ0v) is 35.0. The van der Waals surface area contributed by atoms with Gasteiger partial charge in [0.2, 0.25) is 0 Å². The molecule has 10 rings (SSSR count). The average molecular weight is 865 g/mol. The van der Waals surface area contributed by atoms with Gasteiger partial charge < -0.3 is 9.13 Å². The van der Waals surface area contributed by atoms with Gasteiger partial charge >= 0.3 is 12.4 Å². The van der Waals surface area contributed by atoms with E-state index >= 15 is 0 Å². The van der Waals surface area contributed by atoms with Crippen LogP contribution in [0.2, 0.25) is 0 Å². The van der Waals surface area contributed by atoms with E-state index in [-0.39, 0.29) is 5.56 Å². The topological polar surface area (TPSA) is 57.4 Å². The van der Waals surface area contributed by atoms with Crippen LogP contribution in [0.3, 0.4) is 0 Å². The maximum Gasteiger partial charge on any atom is 0.416 e. The minimum atomic E-state index is -4.56. The van der Waals surface area contributed by atoms with Crippen molar-refractivity contribution in [3.63, 3.8) is 0 Å². The molecule has 0 aliphatic heterocycles. The number of nitriles is 2. The SMILES string of the molecule is Cc1cc(C#N)cc(-c2cc(-n3c4ccccc4c4ccc(-c5cc(C)cc(C(F)(F)F)c5)cc43)c(C#N)c(-n3c4ccccc4c4ccc(-c5cc(C)cc(C(F)(F)F)c5)cc43)c2)c1. The Morgan fingerprint density at radius 2 is 0.785 bits per heavy atom. The summed E-state index contributed by atoms with van der Waals surface area (Å²) in [7, 11) is 0. The van der Waals surface area contributed by atoms with E-state index in [1.165, 1.54) is 0 Å². The van der Waals surface area contributed by atoms with E-state index in [0.29, 0.717) is 72.5 Å². The molecule has 0 radical (unpaired) electrons. The van der Waals surface area contributed by atoms with Crippen molar-refractivity contribution in [3.8, 4) is 56.9 Å². The van der Waals surface area contributed by atoms with Crippen molar-refractivity contribution >= 4 is 43.6 Å². The lowest BCUT2D eigenvalue weighted by atomic mass is 9.96. The molecule has 0 spiro atoms. The molecule has 10 aromatic rings. The number of nitrogens with zero attached hydrogens (tertiary/aromatic N) is 4. The van der Waals surface area contributed by atoms with Gasteiger partial charge in [0.05, 0.1) is 56.2 Å². The summed E-state index contributed by atoms with van der Waals surface area (Å²) < 4.78 is 88.6. The van der Waals surface area contributed by atoms with E-state index in [4.69, 9.17) is 0 Å². The van der Waals surface area contributed by atoms with E-state index in [2.05, 4.69) is 12.1 Å². The Labute approximate surface area is 369 Å². The molecule has 0 aliphatic carbocycles. The fourth-order valence-corrected chi connectivity index (χ4v) is 9.31. The third-order valence-corrected chi connectivity index (χ3v) is 12.1. The van der Waals surface area contributed by atoms with Crippen molar-refractivity contribution in [1.82, 2.24) is 9.13 Å². The monoisotopic (exact) mass is 864 g/mol. The summed E-state index contributed by atoms with van der Waals surface area (Å²) in [4.78, 5) is 0.